The molecule has 0 radical (unpaired) electrons. The number of nitrogens with two attached hydrogens (primary N) is 1. The number of aromatic nitrogens is 1. The molecule has 4 nitrogen and oxygen atoms in total. The number of amides is 1. The van der Waals surface area contributed by atoms with Crippen LogP contribution in [0, 0.1) is 5.82 Å². The fraction of sp³-hybridized carbons (Fsp3) is 0.286. The number of hydrogen-bond acceptors (Lipinski definition) is 4. The smallest absolute Gasteiger partial charge is 0.226 e. The zero-order valence-corrected chi connectivity index (χ0v) is 13.0. The minimum Gasteiger partial charge on any atom is -0.330 e. The van der Waals surface area contributed by atoms with Crippen LogP contribution in [0.5, 0.6) is 0 Å². The number of hydrogen-bond donors (Lipinski definition) is 2. The zero-order valence-electron chi connectivity index (χ0n) is 11.3. The molecule has 1 amide bonds. The summed E-state index contributed by atoms with van der Waals surface area (Å²) in [6.45, 7) is 0.496. The lowest BCUT2D eigenvalue weighted by Gasteiger charge is -2.00. The second-order valence-corrected chi connectivity index (χ2v) is 5.49. The summed E-state index contributed by atoms with van der Waals surface area (Å²) < 4.78 is 13.1. The lowest BCUT2D eigenvalue weighted by molar-refractivity contribution is -0.116. The van der Waals surface area contributed by atoms with E-state index in [9.17, 15) is 9.18 Å². The largest absolute Gasteiger partial charge is 0.330 e. The van der Waals surface area contributed by atoms with Crippen molar-refractivity contribution in [1.29, 1.82) is 0 Å². The van der Waals surface area contributed by atoms with E-state index in [1.165, 1.54) is 23.5 Å². The number of carbonyl (C=O) groups is 1. The number of rotatable bonds is 6. The molecule has 1 heterocycles. The molecule has 0 unspecified atom stereocenters. The highest BCUT2D eigenvalue weighted by Gasteiger charge is 2.07. The summed E-state index contributed by atoms with van der Waals surface area (Å²) in [4.78, 5) is 16.7. The molecule has 114 valence electrons. The van der Waals surface area contributed by atoms with E-state index in [2.05, 4.69) is 10.3 Å². The van der Waals surface area contributed by atoms with Crippen molar-refractivity contribution < 1.29 is 9.18 Å². The van der Waals surface area contributed by atoms with Gasteiger partial charge in [0.1, 0.15) is 5.82 Å². The molecule has 0 aliphatic carbocycles. The number of thiazole rings is 1. The van der Waals surface area contributed by atoms with Crippen molar-refractivity contribution in [2.75, 3.05) is 11.9 Å². The Morgan fingerprint density at radius 3 is 2.95 bits per heavy atom. The minimum absolute atomic E-state index is 0. The number of anilines is 1. The van der Waals surface area contributed by atoms with E-state index in [1.807, 2.05) is 6.07 Å². The molecule has 2 rings (SSSR count). The van der Waals surface area contributed by atoms with Crippen molar-refractivity contribution in [3.8, 4) is 0 Å². The average Bonchev–Trinajstić information content (AvgIpc) is 2.83. The molecule has 3 N–H and O–H groups in total. The Balaban J connectivity index is 0.00000220. The highest BCUT2D eigenvalue weighted by Crippen LogP contribution is 2.21. The quantitative estimate of drug-likeness (QED) is 0.856. The van der Waals surface area contributed by atoms with Crippen LogP contribution < -0.4 is 11.1 Å². The number of carbonyl (C=O) groups excluding carboxylic acids is 1. The molecule has 0 spiro atoms. The van der Waals surface area contributed by atoms with E-state index in [0.29, 0.717) is 30.9 Å². The van der Waals surface area contributed by atoms with Gasteiger partial charge in [-0.1, -0.05) is 12.1 Å². The van der Waals surface area contributed by atoms with Crippen molar-refractivity contribution in [3.63, 3.8) is 0 Å². The van der Waals surface area contributed by atoms with Gasteiger partial charge in [-0.05, 0) is 30.7 Å². The lowest BCUT2D eigenvalue weighted by Crippen LogP contribution is -2.13. The van der Waals surface area contributed by atoms with E-state index in [-0.39, 0.29) is 24.1 Å². The molecule has 1 aromatic heterocycles. The maximum Gasteiger partial charge on any atom is 0.226 e. The third-order valence-corrected chi connectivity index (χ3v) is 3.59. The summed E-state index contributed by atoms with van der Waals surface area (Å²) in [5.74, 6) is -0.329. The maximum atomic E-state index is 13.1. The van der Waals surface area contributed by atoms with Gasteiger partial charge in [-0.15, -0.1) is 23.7 Å². The standard InChI is InChI=1S/C14H16FN3OS.ClH/c15-11-4-1-3-10(7-11)8-12-9-17-14(20-12)18-13(19)5-2-6-16;/h1,3-4,7,9H,2,5-6,8,16H2,(H,17,18,19);1H. The topological polar surface area (TPSA) is 68.0 Å². The predicted octanol–water partition coefficient (Wildman–Crippen LogP) is 2.97. The zero-order chi connectivity index (χ0) is 14.4. The summed E-state index contributed by atoms with van der Waals surface area (Å²) in [6.07, 6.45) is 3.37. The van der Waals surface area contributed by atoms with Crippen molar-refractivity contribution >= 4 is 34.8 Å². The van der Waals surface area contributed by atoms with Crippen LogP contribution in [0.1, 0.15) is 23.3 Å². The Labute approximate surface area is 133 Å². The SMILES string of the molecule is Cl.NCCCC(=O)Nc1ncc(Cc2cccc(F)c2)s1. The molecule has 1 aromatic carbocycles. The van der Waals surface area contributed by atoms with Crippen LogP contribution in [0.2, 0.25) is 0 Å². The third kappa shape index (κ3) is 5.79. The first-order valence-electron chi connectivity index (χ1n) is 6.36. The van der Waals surface area contributed by atoms with Gasteiger partial charge in [0.05, 0.1) is 0 Å². The Kier molecular flexibility index (Phi) is 7.28. The highest BCUT2D eigenvalue weighted by atomic mass is 35.5. The number of nitrogens with zero attached hydrogens (tertiary/aromatic N) is 1. The van der Waals surface area contributed by atoms with Gasteiger partial charge in [-0.25, -0.2) is 9.37 Å². The van der Waals surface area contributed by atoms with Crippen molar-refractivity contribution in [2.45, 2.75) is 19.3 Å². The van der Waals surface area contributed by atoms with Gasteiger partial charge < -0.3 is 11.1 Å². The molecule has 0 atom stereocenters. The number of halogens is 2. The monoisotopic (exact) mass is 329 g/mol. The summed E-state index contributed by atoms with van der Waals surface area (Å²) in [6, 6.07) is 6.46. The fourth-order valence-electron chi connectivity index (χ4n) is 1.74. The first-order valence-corrected chi connectivity index (χ1v) is 7.18. The average molecular weight is 330 g/mol. The van der Waals surface area contributed by atoms with Crippen LogP contribution in [0.15, 0.2) is 30.5 Å². The Bertz CT molecular complexity index is 591. The molecule has 0 saturated carbocycles. The van der Waals surface area contributed by atoms with E-state index >= 15 is 0 Å². The number of nitrogens with one attached hydrogen (secondary N) is 1. The van der Waals surface area contributed by atoms with Gasteiger partial charge in [0.25, 0.3) is 0 Å². The minimum atomic E-state index is -0.248. The summed E-state index contributed by atoms with van der Waals surface area (Å²) in [5, 5.41) is 3.30. The summed E-state index contributed by atoms with van der Waals surface area (Å²) in [7, 11) is 0. The van der Waals surface area contributed by atoms with E-state index < -0.39 is 0 Å². The van der Waals surface area contributed by atoms with Crippen LogP contribution in [0.4, 0.5) is 9.52 Å². The summed E-state index contributed by atoms with van der Waals surface area (Å²) >= 11 is 1.40. The molecular formula is C14H17ClFN3OS. The van der Waals surface area contributed by atoms with Gasteiger partial charge in [0, 0.05) is 23.9 Å². The van der Waals surface area contributed by atoms with Gasteiger partial charge in [-0.2, -0.15) is 0 Å². The highest BCUT2D eigenvalue weighted by molar-refractivity contribution is 7.15. The van der Waals surface area contributed by atoms with Gasteiger partial charge in [0.2, 0.25) is 5.91 Å². The van der Waals surface area contributed by atoms with Crippen molar-refractivity contribution in [1.82, 2.24) is 4.98 Å². The van der Waals surface area contributed by atoms with Crippen LogP contribution in [-0.2, 0) is 11.2 Å². The Morgan fingerprint density at radius 2 is 2.24 bits per heavy atom. The molecule has 21 heavy (non-hydrogen) atoms. The van der Waals surface area contributed by atoms with Gasteiger partial charge >= 0.3 is 0 Å². The first kappa shape index (κ1) is 17.6. The molecule has 0 fully saturated rings. The molecule has 0 aliphatic rings. The molecule has 0 bridgehead atoms. The molecule has 2 aromatic rings. The fourth-order valence-corrected chi connectivity index (χ4v) is 2.60. The van der Waals surface area contributed by atoms with E-state index in [0.717, 1.165) is 10.4 Å². The molecule has 0 saturated heterocycles. The van der Waals surface area contributed by atoms with Crippen molar-refractivity contribution in [3.05, 3.63) is 46.7 Å². The molecular weight excluding hydrogens is 313 g/mol. The normalized spacial score (nSPS) is 10.0. The van der Waals surface area contributed by atoms with E-state index in [1.54, 1.807) is 12.3 Å². The molecule has 7 heteroatoms. The molecule has 0 aliphatic heterocycles. The number of benzene rings is 1. The van der Waals surface area contributed by atoms with Gasteiger partial charge in [-0.3, -0.25) is 4.79 Å². The second kappa shape index (κ2) is 8.71. The third-order valence-electron chi connectivity index (χ3n) is 2.68. The maximum absolute atomic E-state index is 13.1. The first-order chi connectivity index (χ1) is 9.67. The van der Waals surface area contributed by atoms with Gasteiger partial charge in [0.15, 0.2) is 5.13 Å². The van der Waals surface area contributed by atoms with Crippen molar-refractivity contribution in [2.24, 2.45) is 5.73 Å². The van der Waals surface area contributed by atoms with Crippen LogP contribution in [0.25, 0.3) is 0 Å². The predicted molar refractivity (Wildman–Crippen MR) is 85.5 cm³/mol. The van der Waals surface area contributed by atoms with Crippen LogP contribution in [-0.4, -0.2) is 17.4 Å². The second-order valence-electron chi connectivity index (χ2n) is 4.38. The Hall–Kier alpha value is -1.50. The van der Waals surface area contributed by atoms with E-state index in [4.69, 9.17) is 5.73 Å². The summed E-state index contributed by atoms with van der Waals surface area (Å²) in [5.41, 5.74) is 6.23. The van der Waals surface area contributed by atoms with Crippen LogP contribution in [0.3, 0.4) is 0 Å². The Morgan fingerprint density at radius 1 is 1.43 bits per heavy atom. The van der Waals surface area contributed by atoms with Crippen LogP contribution >= 0.6 is 23.7 Å². The lowest BCUT2D eigenvalue weighted by atomic mass is 10.1.